The second-order valence-corrected chi connectivity index (χ2v) is 5.44. The average Bonchev–Trinajstić information content (AvgIpc) is 2.41. The van der Waals surface area contributed by atoms with Gasteiger partial charge in [0.1, 0.15) is 5.60 Å². The molecule has 1 aliphatic heterocycles. The Balaban J connectivity index is 2.48. The van der Waals surface area contributed by atoms with Crippen molar-refractivity contribution in [3.63, 3.8) is 0 Å². The fourth-order valence-corrected chi connectivity index (χ4v) is 1.81. The van der Waals surface area contributed by atoms with E-state index in [0.29, 0.717) is 0 Å². The van der Waals surface area contributed by atoms with Gasteiger partial charge in [0.2, 0.25) is 0 Å². The molecule has 94 valence electrons. The number of hydrogen-bond donors (Lipinski definition) is 1. The van der Waals surface area contributed by atoms with Crippen LogP contribution < -0.4 is 5.32 Å². The molecule has 1 rings (SSSR count). The molecular weight excluding hydrogens is 204 g/mol. The molecule has 0 radical (unpaired) electrons. The van der Waals surface area contributed by atoms with Crippen molar-refractivity contribution in [2.75, 3.05) is 20.1 Å². The first kappa shape index (κ1) is 13.3. The number of amides is 1. The number of likely N-dealkylation sites (N-methyl/N-ethyl adjacent to an activating group) is 1. The van der Waals surface area contributed by atoms with Crippen LogP contribution in [0.4, 0.5) is 4.79 Å². The first-order valence-electron chi connectivity index (χ1n) is 6.06. The highest BCUT2D eigenvalue weighted by Gasteiger charge is 2.25. The van der Waals surface area contributed by atoms with E-state index in [9.17, 15) is 4.79 Å². The molecule has 0 aliphatic carbocycles. The molecule has 4 heteroatoms. The molecule has 0 saturated carbocycles. The fourth-order valence-electron chi connectivity index (χ4n) is 1.81. The van der Waals surface area contributed by atoms with E-state index in [1.54, 1.807) is 4.90 Å². The van der Waals surface area contributed by atoms with Crippen molar-refractivity contribution in [3.8, 4) is 0 Å². The van der Waals surface area contributed by atoms with Crippen molar-refractivity contribution in [2.45, 2.75) is 51.7 Å². The van der Waals surface area contributed by atoms with Crippen LogP contribution >= 0.6 is 0 Å². The summed E-state index contributed by atoms with van der Waals surface area (Å²) in [4.78, 5) is 13.6. The Kier molecular flexibility index (Phi) is 4.59. The van der Waals surface area contributed by atoms with Crippen LogP contribution in [-0.2, 0) is 4.74 Å². The van der Waals surface area contributed by atoms with Gasteiger partial charge < -0.3 is 15.0 Å². The van der Waals surface area contributed by atoms with Gasteiger partial charge in [0.15, 0.2) is 0 Å². The van der Waals surface area contributed by atoms with Gasteiger partial charge in [0, 0.05) is 19.6 Å². The van der Waals surface area contributed by atoms with Gasteiger partial charge in [0.05, 0.1) is 0 Å². The molecule has 0 aromatic heterocycles. The normalized spacial score (nSPS) is 22.4. The van der Waals surface area contributed by atoms with E-state index in [0.717, 1.165) is 19.5 Å². The van der Waals surface area contributed by atoms with Crippen LogP contribution in [0.15, 0.2) is 0 Å². The lowest BCUT2D eigenvalue weighted by molar-refractivity contribution is 0.0218. The van der Waals surface area contributed by atoms with Gasteiger partial charge in [-0.25, -0.2) is 4.79 Å². The molecule has 4 nitrogen and oxygen atoms in total. The molecule has 1 N–H and O–H groups in total. The van der Waals surface area contributed by atoms with Crippen molar-refractivity contribution < 1.29 is 9.53 Å². The predicted octanol–water partition coefficient (Wildman–Crippen LogP) is 2.00. The van der Waals surface area contributed by atoms with Crippen molar-refractivity contribution in [1.29, 1.82) is 0 Å². The fraction of sp³-hybridized carbons (Fsp3) is 0.917. The third kappa shape index (κ3) is 4.39. The van der Waals surface area contributed by atoms with Crippen LogP contribution in [0.2, 0.25) is 0 Å². The monoisotopic (exact) mass is 228 g/mol. The van der Waals surface area contributed by atoms with Crippen LogP contribution in [-0.4, -0.2) is 42.8 Å². The van der Waals surface area contributed by atoms with Crippen molar-refractivity contribution >= 4 is 6.09 Å². The molecule has 0 aromatic rings. The SMILES string of the molecule is CN(C(=O)OC(C)(C)C)C1CCCCNC1. The van der Waals surface area contributed by atoms with E-state index in [-0.39, 0.29) is 12.1 Å². The summed E-state index contributed by atoms with van der Waals surface area (Å²) in [5, 5.41) is 3.35. The Morgan fingerprint density at radius 1 is 1.38 bits per heavy atom. The third-order valence-corrected chi connectivity index (χ3v) is 2.75. The zero-order chi connectivity index (χ0) is 12.2. The Bertz CT molecular complexity index is 228. The Morgan fingerprint density at radius 3 is 2.69 bits per heavy atom. The second kappa shape index (κ2) is 5.53. The number of hydrogen-bond acceptors (Lipinski definition) is 3. The topological polar surface area (TPSA) is 41.6 Å². The summed E-state index contributed by atoms with van der Waals surface area (Å²) in [6.45, 7) is 7.60. The van der Waals surface area contributed by atoms with Crippen LogP contribution in [0.5, 0.6) is 0 Å². The van der Waals surface area contributed by atoms with Gasteiger partial charge in [-0.2, -0.15) is 0 Å². The van der Waals surface area contributed by atoms with E-state index in [2.05, 4.69) is 5.32 Å². The number of carbonyl (C=O) groups is 1. The molecule has 1 amide bonds. The summed E-state index contributed by atoms with van der Waals surface area (Å²) in [5.74, 6) is 0. The van der Waals surface area contributed by atoms with Crippen molar-refractivity contribution in [1.82, 2.24) is 10.2 Å². The van der Waals surface area contributed by atoms with E-state index >= 15 is 0 Å². The molecule has 1 unspecified atom stereocenters. The Labute approximate surface area is 98.3 Å². The van der Waals surface area contributed by atoms with Crippen molar-refractivity contribution in [3.05, 3.63) is 0 Å². The van der Waals surface area contributed by atoms with E-state index in [1.807, 2.05) is 27.8 Å². The van der Waals surface area contributed by atoms with Gasteiger partial charge in [-0.15, -0.1) is 0 Å². The summed E-state index contributed by atoms with van der Waals surface area (Å²) in [6, 6.07) is 0.261. The summed E-state index contributed by atoms with van der Waals surface area (Å²) in [6.07, 6.45) is 3.20. The molecular formula is C12H24N2O2. The van der Waals surface area contributed by atoms with Crippen LogP contribution in [0.25, 0.3) is 0 Å². The molecule has 1 aliphatic rings. The Hall–Kier alpha value is -0.770. The summed E-state index contributed by atoms with van der Waals surface area (Å²) in [7, 11) is 1.83. The van der Waals surface area contributed by atoms with Gasteiger partial charge >= 0.3 is 6.09 Å². The van der Waals surface area contributed by atoms with E-state index in [4.69, 9.17) is 4.74 Å². The summed E-state index contributed by atoms with van der Waals surface area (Å²) in [5.41, 5.74) is -0.413. The molecule has 1 heterocycles. The maximum atomic E-state index is 11.8. The van der Waals surface area contributed by atoms with Crippen molar-refractivity contribution in [2.24, 2.45) is 0 Å². The minimum absolute atomic E-state index is 0.221. The molecule has 0 spiro atoms. The Morgan fingerprint density at radius 2 is 2.06 bits per heavy atom. The minimum atomic E-state index is -0.413. The van der Waals surface area contributed by atoms with Crippen LogP contribution in [0, 0.1) is 0 Å². The highest BCUT2D eigenvalue weighted by Crippen LogP contribution is 2.14. The maximum Gasteiger partial charge on any atom is 0.410 e. The number of nitrogens with one attached hydrogen (secondary N) is 1. The van der Waals surface area contributed by atoms with Gasteiger partial charge in [-0.05, 0) is 40.2 Å². The highest BCUT2D eigenvalue weighted by molar-refractivity contribution is 5.68. The first-order chi connectivity index (χ1) is 7.40. The van der Waals surface area contributed by atoms with Gasteiger partial charge in [-0.1, -0.05) is 6.42 Å². The molecule has 1 saturated heterocycles. The third-order valence-electron chi connectivity index (χ3n) is 2.75. The maximum absolute atomic E-state index is 11.8. The zero-order valence-corrected chi connectivity index (χ0v) is 10.9. The second-order valence-electron chi connectivity index (χ2n) is 5.44. The largest absolute Gasteiger partial charge is 0.444 e. The predicted molar refractivity (Wildman–Crippen MR) is 64.5 cm³/mol. The highest BCUT2D eigenvalue weighted by atomic mass is 16.6. The van der Waals surface area contributed by atoms with E-state index < -0.39 is 5.60 Å². The van der Waals surface area contributed by atoms with Crippen LogP contribution in [0.1, 0.15) is 40.0 Å². The minimum Gasteiger partial charge on any atom is -0.444 e. The average molecular weight is 228 g/mol. The lowest BCUT2D eigenvalue weighted by Gasteiger charge is -2.30. The summed E-state index contributed by atoms with van der Waals surface area (Å²) >= 11 is 0. The smallest absolute Gasteiger partial charge is 0.410 e. The molecule has 0 aromatic carbocycles. The van der Waals surface area contributed by atoms with Gasteiger partial charge in [-0.3, -0.25) is 0 Å². The first-order valence-corrected chi connectivity index (χ1v) is 6.06. The molecule has 1 atom stereocenters. The van der Waals surface area contributed by atoms with E-state index in [1.165, 1.54) is 12.8 Å². The van der Waals surface area contributed by atoms with Gasteiger partial charge in [0.25, 0.3) is 0 Å². The number of nitrogens with zero attached hydrogens (tertiary/aromatic N) is 1. The number of rotatable bonds is 1. The lowest BCUT2D eigenvalue weighted by Crippen LogP contribution is -2.44. The number of carbonyl (C=O) groups excluding carboxylic acids is 1. The molecule has 16 heavy (non-hydrogen) atoms. The zero-order valence-electron chi connectivity index (χ0n) is 10.9. The molecule has 0 bridgehead atoms. The summed E-state index contributed by atoms with van der Waals surface area (Å²) < 4.78 is 5.35. The van der Waals surface area contributed by atoms with Crippen LogP contribution in [0.3, 0.4) is 0 Å². The standard InChI is InChI=1S/C12H24N2O2/c1-12(2,3)16-11(15)14(4)10-7-5-6-8-13-9-10/h10,13H,5-9H2,1-4H3. The quantitative estimate of drug-likeness (QED) is 0.746. The lowest BCUT2D eigenvalue weighted by atomic mass is 10.1. The number of ether oxygens (including phenoxy) is 1. The molecule has 1 fully saturated rings.